The number of carbonyl (C=O) groups is 2. The summed E-state index contributed by atoms with van der Waals surface area (Å²) in [6.45, 7) is 0. The number of fused-ring (bicyclic) bond motifs is 1. The van der Waals surface area contributed by atoms with Gasteiger partial charge in [0.1, 0.15) is 6.04 Å². The van der Waals surface area contributed by atoms with Crippen LogP contribution in [0.5, 0.6) is 0 Å². The number of hydrogen-bond acceptors (Lipinski definition) is 4. The van der Waals surface area contributed by atoms with Crippen molar-refractivity contribution in [3.8, 4) is 11.3 Å². The molecular formula is C25H25N3O3. The lowest BCUT2D eigenvalue weighted by molar-refractivity contribution is -0.120. The van der Waals surface area contributed by atoms with Crippen molar-refractivity contribution in [1.82, 2.24) is 9.88 Å². The van der Waals surface area contributed by atoms with Gasteiger partial charge in [-0.05, 0) is 49.4 Å². The van der Waals surface area contributed by atoms with E-state index in [0.29, 0.717) is 22.9 Å². The highest BCUT2D eigenvalue weighted by Gasteiger charge is 2.47. The molecule has 1 saturated heterocycles. The van der Waals surface area contributed by atoms with Gasteiger partial charge < -0.3 is 14.6 Å². The Kier molecular flexibility index (Phi) is 5.28. The Bertz CT molecular complexity index is 1060. The maximum absolute atomic E-state index is 13.4. The van der Waals surface area contributed by atoms with Crippen LogP contribution >= 0.6 is 0 Å². The van der Waals surface area contributed by atoms with Crippen LogP contribution in [0.2, 0.25) is 0 Å². The number of oxazole rings is 1. The maximum Gasteiger partial charge on any atom is 0.254 e. The second kappa shape index (κ2) is 8.38. The zero-order valence-electron chi connectivity index (χ0n) is 17.2. The molecule has 2 aromatic carbocycles. The molecule has 1 aliphatic heterocycles. The minimum Gasteiger partial charge on any atom is -0.444 e. The Morgan fingerprint density at radius 1 is 1.03 bits per heavy atom. The average molecular weight is 415 g/mol. The lowest BCUT2D eigenvalue weighted by Crippen LogP contribution is -2.47. The first kappa shape index (κ1) is 19.5. The van der Waals surface area contributed by atoms with Crippen molar-refractivity contribution >= 4 is 17.5 Å². The summed E-state index contributed by atoms with van der Waals surface area (Å²) >= 11 is 0. The van der Waals surface area contributed by atoms with E-state index in [4.69, 9.17) is 4.42 Å². The number of rotatable bonds is 4. The highest BCUT2D eigenvalue weighted by molar-refractivity contribution is 6.02. The van der Waals surface area contributed by atoms with E-state index in [2.05, 4.69) is 10.3 Å². The molecule has 2 amide bonds. The number of hydrogen-bond donors (Lipinski definition) is 1. The topological polar surface area (TPSA) is 75.4 Å². The quantitative estimate of drug-likeness (QED) is 0.667. The fraction of sp³-hybridized carbons (Fsp3) is 0.320. The second-order valence-corrected chi connectivity index (χ2v) is 8.38. The first-order chi connectivity index (χ1) is 15.2. The van der Waals surface area contributed by atoms with Gasteiger partial charge in [0, 0.05) is 22.9 Å². The standard InChI is InChI=1S/C25H25N3O3/c29-24(27-20-11-6-10-19(13-20)23-15-26-16-31-23)22-14-18-9-4-5-12-21(18)28(22)25(30)17-7-2-1-3-8-17/h1-3,6-8,10-11,13,15-16,18,21-22H,4-5,9,12,14H2,(H,27,29). The van der Waals surface area contributed by atoms with Crippen molar-refractivity contribution in [2.75, 3.05) is 5.32 Å². The first-order valence-electron chi connectivity index (χ1n) is 10.9. The predicted octanol–water partition coefficient (Wildman–Crippen LogP) is 4.75. The molecule has 6 heteroatoms. The second-order valence-electron chi connectivity index (χ2n) is 8.38. The average Bonchev–Trinajstić information content (AvgIpc) is 3.48. The van der Waals surface area contributed by atoms with Crippen LogP contribution in [0, 0.1) is 5.92 Å². The van der Waals surface area contributed by atoms with Gasteiger partial charge in [-0.15, -0.1) is 0 Å². The molecule has 31 heavy (non-hydrogen) atoms. The van der Waals surface area contributed by atoms with Gasteiger partial charge in [0.15, 0.2) is 12.2 Å². The molecule has 2 aliphatic rings. The van der Waals surface area contributed by atoms with Gasteiger partial charge in [0.25, 0.3) is 5.91 Å². The number of anilines is 1. The molecule has 1 aromatic heterocycles. The van der Waals surface area contributed by atoms with Gasteiger partial charge in [-0.2, -0.15) is 0 Å². The van der Waals surface area contributed by atoms with Gasteiger partial charge in [-0.3, -0.25) is 9.59 Å². The lowest BCUT2D eigenvalue weighted by Gasteiger charge is -2.33. The molecule has 0 radical (unpaired) electrons. The van der Waals surface area contributed by atoms with E-state index in [-0.39, 0.29) is 17.9 Å². The summed E-state index contributed by atoms with van der Waals surface area (Å²) in [5, 5.41) is 3.04. The summed E-state index contributed by atoms with van der Waals surface area (Å²) in [5.41, 5.74) is 2.16. The van der Waals surface area contributed by atoms with Crippen LogP contribution < -0.4 is 5.32 Å². The number of likely N-dealkylation sites (tertiary alicyclic amines) is 1. The van der Waals surface area contributed by atoms with Gasteiger partial charge in [0.05, 0.1) is 6.20 Å². The fourth-order valence-electron chi connectivity index (χ4n) is 5.05. The third-order valence-electron chi connectivity index (χ3n) is 6.49. The van der Waals surface area contributed by atoms with E-state index in [9.17, 15) is 9.59 Å². The molecular weight excluding hydrogens is 390 g/mol. The molecule has 2 fully saturated rings. The molecule has 3 atom stereocenters. The molecule has 6 nitrogen and oxygen atoms in total. The van der Waals surface area contributed by atoms with E-state index in [0.717, 1.165) is 31.2 Å². The molecule has 0 bridgehead atoms. The SMILES string of the molecule is O=C(Nc1cccc(-c2cnco2)c1)C1CC2CCCCC2N1C(=O)c1ccccc1. The fourth-order valence-corrected chi connectivity index (χ4v) is 5.05. The molecule has 0 spiro atoms. The summed E-state index contributed by atoms with van der Waals surface area (Å²) < 4.78 is 5.36. The molecule has 3 aromatic rings. The number of carbonyl (C=O) groups excluding carboxylic acids is 2. The molecule has 1 saturated carbocycles. The molecule has 5 rings (SSSR count). The number of nitrogens with one attached hydrogen (secondary N) is 1. The van der Waals surface area contributed by atoms with Crippen LogP contribution in [-0.2, 0) is 4.79 Å². The van der Waals surface area contributed by atoms with Crippen LogP contribution in [0.3, 0.4) is 0 Å². The van der Waals surface area contributed by atoms with Gasteiger partial charge >= 0.3 is 0 Å². The Morgan fingerprint density at radius 3 is 2.68 bits per heavy atom. The summed E-state index contributed by atoms with van der Waals surface area (Å²) in [4.78, 5) is 32.6. The van der Waals surface area contributed by atoms with Crippen molar-refractivity contribution in [1.29, 1.82) is 0 Å². The monoisotopic (exact) mass is 415 g/mol. The van der Waals surface area contributed by atoms with E-state index in [1.54, 1.807) is 6.20 Å². The molecule has 1 aliphatic carbocycles. The first-order valence-corrected chi connectivity index (χ1v) is 10.9. The van der Waals surface area contributed by atoms with Crippen LogP contribution in [0.4, 0.5) is 5.69 Å². The third-order valence-corrected chi connectivity index (χ3v) is 6.49. The Hall–Kier alpha value is -3.41. The number of amides is 2. The van der Waals surface area contributed by atoms with Crippen LogP contribution in [0.15, 0.2) is 71.6 Å². The molecule has 2 heterocycles. The van der Waals surface area contributed by atoms with Gasteiger partial charge in [0.2, 0.25) is 5.91 Å². The number of nitrogens with zero attached hydrogens (tertiary/aromatic N) is 2. The Balaban J connectivity index is 1.40. The van der Waals surface area contributed by atoms with E-state index < -0.39 is 6.04 Å². The van der Waals surface area contributed by atoms with Crippen molar-refractivity contribution in [2.45, 2.75) is 44.2 Å². The van der Waals surface area contributed by atoms with Crippen molar-refractivity contribution < 1.29 is 14.0 Å². The van der Waals surface area contributed by atoms with E-state index in [1.807, 2.05) is 59.5 Å². The molecule has 3 unspecified atom stereocenters. The zero-order chi connectivity index (χ0) is 21.2. The highest BCUT2D eigenvalue weighted by atomic mass is 16.3. The minimum absolute atomic E-state index is 0.0504. The van der Waals surface area contributed by atoms with Crippen LogP contribution in [0.1, 0.15) is 42.5 Å². The third kappa shape index (κ3) is 3.85. The predicted molar refractivity (Wildman–Crippen MR) is 117 cm³/mol. The molecule has 158 valence electrons. The number of aromatic nitrogens is 1. The van der Waals surface area contributed by atoms with Crippen molar-refractivity contribution in [3.63, 3.8) is 0 Å². The maximum atomic E-state index is 13.4. The van der Waals surface area contributed by atoms with Crippen molar-refractivity contribution in [3.05, 3.63) is 72.8 Å². The van der Waals surface area contributed by atoms with Gasteiger partial charge in [-0.25, -0.2) is 4.98 Å². The molecule has 1 N–H and O–H groups in total. The lowest BCUT2D eigenvalue weighted by atomic mass is 9.84. The Labute approximate surface area is 181 Å². The van der Waals surface area contributed by atoms with Crippen LogP contribution in [-0.4, -0.2) is 33.8 Å². The zero-order valence-corrected chi connectivity index (χ0v) is 17.2. The number of benzene rings is 2. The highest BCUT2D eigenvalue weighted by Crippen LogP contribution is 2.41. The van der Waals surface area contributed by atoms with Crippen molar-refractivity contribution in [2.24, 2.45) is 5.92 Å². The summed E-state index contributed by atoms with van der Waals surface area (Å²) in [7, 11) is 0. The van der Waals surface area contributed by atoms with E-state index in [1.165, 1.54) is 12.8 Å². The normalized spacial score (nSPS) is 22.7. The minimum atomic E-state index is -0.463. The largest absolute Gasteiger partial charge is 0.444 e. The summed E-state index contributed by atoms with van der Waals surface area (Å²) in [6, 6.07) is 16.5. The smallest absolute Gasteiger partial charge is 0.254 e. The summed E-state index contributed by atoms with van der Waals surface area (Å²) in [5.74, 6) is 0.848. The van der Waals surface area contributed by atoms with Crippen LogP contribution in [0.25, 0.3) is 11.3 Å². The Morgan fingerprint density at radius 2 is 1.87 bits per heavy atom. The summed E-state index contributed by atoms with van der Waals surface area (Å²) in [6.07, 6.45) is 8.06. The van der Waals surface area contributed by atoms with E-state index >= 15 is 0 Å². The van der Waals surface area contributed by atoms with Gasteiger partial charge in [-0.1, -0.05) is 43.2 Å².